The number of methoxy groups -OCH3 is 1. The molecule has 0 aliphatic rings. The van der Waals surface area contributed by atoms with Gasteiger partial charge >= 0.3 is 0 Å². The highest BCUT2D eigenvalue weighted by atomic mass is 32.2. The van der Waals surface area contributed by atoms with Crippen LogP contribution in [0.3, 0.4) is 0 Å². The number of aryl methyl sites for hydroxylation is 1. The molecule has 0 saturated heterocycles. The van der Waals surface area contributed by atoms with Crippen LogP contribution < -0.4 is 15.2 Å². The van der Waals surface area contributed by atoms with Gasteiger partial charge in [-0.15, -0.1) is 11.3 Å². The van der Waals surface area contributed by atoms with Gasteiger partial charge in [0.15, 0.2) is 0 Å². The average molecular weight is 323 g/mol. The second kappa shape index (κ2) is 5.63. The van der Waals surface area contributed by atoms with Crippen molar-refractivity contribution in [3.8, 4) is 11.8 Å². The van der Waals surface area contributed by atoms with Crippen LogP contribution in [0, 0.1) is 18.3 Å². The van der Waals surface area contributed by atoms with Gasteiger partial charge < -0.3 is 10.5 Å². The van der Waals surface area contributed by atoms with Crippen molar-refractivity contribution in [3.05, 3.63) is 34.7 Å². The van der Waals surface area contributed by atoms with E-state index in [1.54, 1.807) is 24.4 Å². The highest BCUT2D eigenvalue weighted by Crippen LogP contribution is 2.32. The molecular formula is C13H13N3O3S2. The van der Waals surface area contributed by atoms with Gasteiger partial charge in [-0.3, -0.25) is 4.72 Å². The first-order valence-corrected chi connectivity index (χ1v) is 8.20. The SMILES string of the molecule is COc1cc(C)c(N)cc1S(=O)(=O)Nc1sccc1C#N. The number of sulfonamides is 1. The fourth-order valence-corrected chi connectivity index (χ4v) is 3.96. The minimum atomic E-state index is -3.89. The van der Waals surface area contributed by atoms with Crippen molar-refractivity contribution in [2.24, 2.45) is 0 Å². The number of rotatable bonds is 4. The van der Waals surface area contributed by atoms with Crippen LogP contribution in [0.15, 0.2) is 28.5 Å². The van der Waals surface area contributed by atoms with Crippen LogP contribution in [0.25, 0.3) is 0 Å². The molecule has 8 heteroatoms. The number of nitrogens with two attached hydrogens (primary N) is 1. The first-order chi connectivity index (χ1) is 9.89. The van der Waals surface area contributed by atoms with Gasteiger partial charge in [0.1, 0.15) is 21.7 Å². The van der Waals surface area contributed by atoms with Crippen LogP contribution >= 0.6 is 11.3 Å². The van der Waals surface area contributed by atoms with Crippen LogP contribution in [-0.2, 0) is 10.0 Å². The smallest absolute Gasteiger partial charge is 0.266 e. The van der Waals surface area contributed by atoms with Gasteiger partial charge in [-0.05, 0) is 36.1 Å². The van der Waals surface area contributed by atoms with E-state index in [1.807, 2.05) is 6.07 Å². The minimum absolute atomic E-state index is 0.0645. The van der Waals surface area contributed by atoms with E-state index in [1.165, 1.54) is 13.2 Å². The zero-order valence-corrected chi connectivity index (χ0v) is 13.0. The molecule has 6 nitrogen and oxygen atoms in total. The van der Waals surface area contributed by atoms with Gasteiger partial charge in [-0.25, -0.2) is 8.42 Å². The first kappa shape index (κ1) is 15.2. The van der Waals surface area contributed by atoms with Crippen LogP contribution in [0.2, 0.25) is 0 Å². The van der Waals surface area contributed by atoms with Gasteiger partial charge in [0.25, 0.3) is 10.0 Å². The number of ether oxygens (including phenoxy) is 1. The van der Waals surface area contributed by atoms with Crippen molar-refractivity contribution in [2.45, 2.75) is 11.8 Å². The Labute approximate surface area is 126 Å². The Balaban J connectivity index is 2.50. The predicted molar refractivity (Wildman–Crippen MR) is 82.0 cm³/mol. The molecule has 0 unspecified atom stereocenters. The summed E-state index contributed by atoms with van der Waals surface area (Å²) in [6.45, 7) is 1.76. The van der Waals surface area contributed by atoms with E-state index in [2.05, 4.69) is 4.72 Å². The lowest BCUT2D eigenvalue weighted by Crippen LogP contribution is -2.14. The summed E-state index contributed by atoms with van der Waals surface area (Å²) in [6, 6.07) is 6.37. The van der Waals surface area contributed by atoms with Crippen molar-refractivity contribution in [3.63, 3.8) is 0 Å². The van der Waals surface area contributed by atoms with Crippen LogP contribution in [0.1, 0.15) is 11.1 Å². The lowest BCUT2D eigenvalue weighted by molar-refractivity contribution is 0.402. The molecular weight excluding hydrogens is 310 g/mol. The summed E-state index contributed by atoms with van der Waals surface area (Å²) in [5.41, 5.74) is 7.11. The number of thiophene rings is 1. The Morgan fingerprint density at radius 1 is 1.43 bits per heavy atom. The Morgan fingerprint density at radius 3 is 2.76 bits per heavy atom. The molecule has 0 atom stereocenters. The van der Waals surface area contributed by atoms with E-state index in [4.69, 9.17) is 15.7 Å². The van der Waals surface area contributed by atoms with Crippen molar-refractivity contribution in [1.29, 1.82) is 5.26 Å². The molecule has 0 amide bonds. The molecule has 0 saturated carbocycles. The monoisotopic (exact) mass is 323 g/mol. The van der Waals surface area contributed by atoms with Crippen LogP contribution in [-0.4, -0.2) is 15.5 Å². The molecule has 2 rings (SSSR count). The van der Waals surface area contributed by atoms with Crippen molar-refractivity contribution in [2.75, 3.05) is 17.6 Å². The number of anilines is 2. The van der Waals surface area contributed by atoms with E-state index < -0.39 is 10.0 Å². The molecule has 0 aliphatic carbocycles. The van der Waals surface area contributed by atoms with E-state index >= 15 is 0 Å². The fourth-order valence-electron chi connectivity index (χ4n) is 1.70. The normalized spacial score (nSPS) is 10.9. The molecule has 0 bridgehead atoms. The van der Waals surface area contributed by atoms with E-state index in [9.17, 15) is 8.42 Å². The second-order valence-corrected chi connectivity index (χ2v) is 6.81. The third kappa shape index (κ3) is 2.94. The lowest BCUT2D eigenvalue weighted by Gasteiger charge is -2.13. The number of nitrogens with zero attached hydrogens (tertiary/aromatic N) is 1. The molecule has 1 heterocycles. The maximum atomic E-state index is 12.5. The first-order valence-electron chi connectivity index (χ1n) is 5.83. The minimum Gasteiger partial charge on any atom is -0.495 e. The number of nitrogen functional groups attached to an aromatic ring is 1. The number of nitrogens with one attached hydrogen (secondary N) is 1. The molecule has 21 heavy (non-hydrogen) atoms. The van der Waals surface area contributed by atoms with Crippen molar-refractivity contribution < 1.29 is 13.2 Å². The summed E-state index contributed by atoms with van der Waals surface area (Å²) < 4.78 is 32.4. The van der Waals surface area contributed by atoms with Gasteiger partial charge in [0.2, 0.25) is 0 Å². The fraction of sp³-hybridized carbons (Fsp3) is 0.154. The maximum absolute atomic E-state index is 12.5. The van der Waals surface area contributed by atoms with E-state index in [-0.39, 0.29) is 21.2 Å². The topological polar surface area (TPSA) is 105 Å². The number of hydrogen-bond acceptors (Lipinski definition) is 6. The zero-order valence-electron chi connectivity index (χ0n) is 11.4. The van der Waals surface area contributed by atoms with Gasteiger partial charge in [-0.1, -0.05) is 0 Å². The quantitative estimate of drug-likeness (QED) is 0.840. The molecule has 1 aromatic heterocycles. The van der Waals surface area contributed by atoms with Crippen LogP contribution in [0.4, 0.5) is 10.7 Å². The van der Waals surface area contributed by atoms with E-state index in [0.29, 0.717) is 5.69 Å². The Kier molecular flexibility index (Phi) is 4.06. The summed E-state index contributed by atoms with van der Waals surface area (Å²) >= 11 is 1.13. The third-order valence-corrected chi connectivity index (χ3v) is 5.18. The third-order valence-electron chi connectivity index (χ3n) is 2.85. The largest absolute Gasteiger partial charge is 0.495 e. The summed E-state index contributed by atoms with van der Waals surface area (Å²) in [7, 11) is -2.51. The second-order valence-electron chi connectivity index (χ2n) is 4.24. The standard InChI is InChI=1S/C13H13N3O3S2/c1-8-5-11(19-2)12(6-10(8)15)21(17,18)16-13-9(7-14)3-4-20-13/h3-6,16H,15H2,1-2H3. The zero-order chi connectivity index (χ0) is 15.6. The molecule has 0 radical (unpaired) electrons. The molecule has 3 N–H and O–H groups in total. The van der Waals surface area contributed by atoms with Crippen LogP contribution in [0.5, 0.6) is 5.75 Å². The summed E-state index contributed by atoms with van der Waals surface area (Å²) in [5, 5.41) is 10.8. The number of nitriles is 1. The van der Waals surface area contributed by atoms with E-state index in [0.717, 1.165) is 16.9 Å². The molecule has 0 fully saturated rings. The Hall–Kier alpha value is -2.24. The molecule has 1 aromatic carbocycles. The maximum Gasteiger partial charge on any atom is 0.266 e. The molecule has 110 valence electrons. The summed E-state index contributed by atoms with van der Waals surface area (Å²) in [6.07, 6.45) is 0. The highest BCUT2D eigenvalue weighted by molar-refractivity contribution is 7.93. The van der Waals surface area contributed by atoms with Gasteiger partial charge in [0, 0.05) is 5.69 Å². The Bertz CT molecular complexity index is 820. The molecule has 0 spiro atoms. The lowest BCUT2D eigenvalue weighted by atomic mass is 10.2. The van der Waals surface area contributed by atoms with Crippen molar-refractivity contribution in [1.82, 2.24) is 0 Å². The Morgan fingerprint density at radius 2 is 2.14 bits per heavy atom. The molecule has 0 aliphatic heterocycles. The number of benzene rings is 1. The molecule has 2 aromatic rings. The van der Waals surface area contributed by atoms with Crippen molar-refractivity contribution >= 4 is 32.0 Å². The summed E-state index contributed by atoms with van der Waals surface area (Å²) in [5.74, 6) is 0.198. The highest BCUT2D eigenvalue weighted by Gasteiger charge is 2.22. The predicted octanol–water partition coefficient (Wildman–Crippen LogP) is 2.32. The number of hydrogen-bond donors (Lipinski definition) is 2. The van der Waals surface area contributed by atoms with Gasteiger partial charge in [0.05, 0.1) is 12.7 Å². The summed E-state index contributed by atoms with van der Waals surface area (Å²) in [4.78, 5) is -0.0645. The average Bonchev–Trinajstić information content (AvgIpc) is 2.87. The van der Waals surface area contributed by atoms with Gasteiger partial charge in [-0.2, -0.15) is 5.26 Å².